The van der Waals surface area contributed by atoms with E-state index in [0.29, 0.717) is 51.6 Å². The van der Waals surface area contributed by atoms with Gasteiger partial charge in [0.2, 0.25) is 21.8 Å². The smallest absolute Gasteiger partial charge is 0.250 e. The fraction of sp³-hybridized carbons (Fsp3) is 0.652. The number of carbonyl (C=O) groups is 2. The lowest BCUT2D eigenvalue weighted by molar-refractivity contribution is -0.126. The summed E-state index contributed by atoms with van der Waals surface area (Å²) in [6.07, 6.45) is 2.40. The average Bonchev–Trinajstić information content (AvgIpc) is 2.86. The Morgan fingerprint density at radius 3 is 2.68 bits per heavy atom. The minimum atomic E-state index is -3.71. The van der Waals surface area contributed by atoms with Gasteiger partial charge in [-0.15, -0.1) is 0 Å². The van der Waals surface area contributed by atoms with Gasteiger partial charge in [-0.3, -0.25) is 14.5 Å². The summed E-state index contributed by atoms with van der Waals surface area (Å²) >= 11 is 0. The van der Waals surface area contributed by atoms with Gasteiger partial charge in [-0.2, -0.15) is 4.31 Å². The predicted molar refractivity (Wildman–Crippen MR) is 127 cm³/mol. The highest BCUT2D eigenvalue weighted by atomic mass is 32.2. The summed E-state index contributed by atoms with van der Waals surface area (Å²) in [5.41, 5.74) is 1.25. The van der Waals surface area contributed by atoms with Crippen LogP contribution in [0.25, 0.3) is 0 Å². The third-order valence-corrected chi connectivity index (χ3v) is 8.70. The lowest BCUT2D eigenvalue weighted by Crippen LogP contribution is -2.57. The van der Waals surface area contributed by atoms with Crippen LogP contribution in [0.5, 0.6) is 0 Å². The maximum Gasteiger partial charge on any atom is 0.250 e. The maximum atomic E-state index is 13.5. The Hall–Kier alpha value is -2.21. The van der Waals surface area contributed by atoms with Crippen molar-refractivity contribution in [1.82, 2.24) is 9.62 Å². The van der Waals surface area contributed by atoms with E-state index in [9.17, 15) is 18.0 Å². The number of ether oxygens (including phenoxy) is 2. The van der Waals surface area contributed by atoms with Gasteiger partial charge in [0.15, 0.2) is 0 Å². The van der Waals surface area contributed by atoms with Gasteiger partial charge >= 0.3 is 0 Å². The molecule has 0 unspecified atom stereocenters. The van der Waals surface area contributed by atoms with E-state index in [4.69, 9.17) is 9.47 Å². The highest BCUT2D eigenvalue weighted by Crippen LogP contribution is 2.40. The zero-order valence-electron chi connectivity index (χ0n) is 19.9. The molecule has 3 heterocycles. The van der Waals surface area contributed by atoms with Gasteiger partial charge < -0.3 is 19.7 Å². The second kappa shape index (κ2) is 10.6. The second-order valence-corrected chi connectivity index (χ2v) is 10.7. The lowest BCUT2D eigenvalue weighted by Gasteiger charge is -2.45. The standard InChI is InChI=1S/C23H34N4O6S/c1-3-25(4-2)34(30,31)18-8-9-19-21(13-18)27(23(29)20-7-5-6-10-26(19)20)15-22(28)24-14-17-16-32-11-12-33-17/h8-9,13,17,20H,3-7,10-12,14-16H2,1-2H3,(H,24,28)/t17-,20-/m1/s1. The Bertz CT molecular complexity index is 1010. The number of piperidine rings is 1. The van der Waals surface area contributed by atoms with Gasteiger partial charge in [0, 0.05) is 26.2 Å². The van der Waals surface area contributed by atoms with Crippen LogP contribution in [0.15, 0.2) is 23.1 Å². The molecular formula is C23H34N4O6S. The molecule has 0 saturated carbocycles. The molecule has 2 amide bonds. The molecule has 2 saturated heterocycles. The largest absolute Gasteiger partial charge is 0.376 e. The number of carbonyl (C=O) groups excluding carboxylic acids is 2. The first kappa shape index (κ1) is 24.9. The number of rotatable bonds is 8. The summed E-state index contributed by atoms with van der Waals surface area (Å²) in [4.78, 5) is 29.9. The van der Waals surface area contributed by atoms with E-state index in [0.717, 1.165) is 25.1 Å². The van der Waals surface area contributed by atoms with Crippen molar-refractivity contribution in [3.05, 3.63) is 18.2 Å². The topological polar surface area (TPSA) is 108 Å². The molecule has 3 aliphatic rings. The van der Waals surface area contributed by atoms with Crippen LogP contribution in [0, 0.1) is 0 Å². The monoisotopic (exact) mass is 494 g/mol. The molecule has 1 N–H and O–H groups in total. The Kier molecular flexibility index (Phi) is 7.76. The molecule has 0 aliphatic carbocycles. The Morgan fingerprint density at radius 2 is 1.97 bits per heavy atom. The molecule has 1 aromatic carbocycles. The van der Waals surface area contributed by atoms with Gasteiger partial charge in [-0.25, -0.2) is 8.42 Å². The summed E-state index contributed by atoms with van der Waals surface area (Å²) in [7, 11) is -3.71. The highest BCUT2D eigenvalue weighted by Gasteiger charge is 2.40. The Morgan fingerprint density at radius 1 is 1.18 bits per heavy atom. The van der Waals surface area contributed by atoms with E-state index < -0.39 is 10.0 Å². The Balaban J connectivity index is 1.62. The molecule has 0 bridgehead atoms. The Labute approximate surface area is 201 Å². The number of amides is 2. The number of nitrogens with one attached hydrogen (secondary N) is 1. The number of hydrogen-bond acceptors (Lipinski definition) is 7. The normalized spacial score (nSPS) is 23.0. The molecule has 188 valence electrons. The number of sulfonamides is 1. The van der Waals surface area contributed by atoms with Crippen LogP contribution >= 0.6 is 0 Å². The minimum Gasteiger partial charge on any atom is -0.376 e. The van der Waals surface area contributed by atoms with E-state index in [1.165, 1.54) is 15.3 Å². The van der Waals surface area contributed by atoms with E-state index in [1.54, 1.807) is 26.0 Å². The van der Waals surface area contributed by atoms with Crippen LogP contribution < -0.4 is 15.1 Å². The fourth-order valence-electron chi connectivity index (χ4n) is 4.86. The molecule has 2 atom stereocenters. The van der Waals surface area contributed by atoms with Crippen LogP contribution in [0.2, 0.25) is 0 Å². The third kappa shape index (κ3) is 4.93. The third-order valence-electron chi connectivity index (χ3n) is 6.66. The van der Waals surface area contributed by atoms with Crippen molar-refractivity contribution in [1.29, 1.82) is 0 Å². The van der Waals surface area contributed by atoms with Gasteiger partial charge in [-0.1, -0.05) is 13.8 Å². The minimum absolute atomic E-state index is 0.122. The van der Waals surface area contributed by atoms with Crippen LogP contribution in [-0.2, 0) is 29.1 Å². The van der Waals surface area contributed by atoms with Crippen molar-refractivity contribution in [2.45, 2.75) is 50.2 Å². The van der Waals surface area contributed by atoms with E-state index in [1.807, 2.05) is 0 Å². The number of fused-ring (bicyclic) bond motifs is 3. The molecule has 10 nitrogen and oxygen atoms in total. The molecule has 2 fully saturated rings. The summed E-state index contributed by atoms with van der Waals surface area (Å²) in [6.45, 7) is 6.56. The molecule has 0 spiro atoms. The number of hydrogen-bond donors (Lipinski definition) is 1. The summed E-state index contributed by atoms with van der Waals surface area (Å²) in [6, 6.07) is 4.58. The van der Waals surface area contributed by atoms with Gasteiger partial charge in [0.05, 0.1) is 42.2 Å². The second-order valence-electron chi connectivity index (χ2n) is 8.74. The van der Waals surface area contributed by atoms with Crippen LogP contribution in [0.3, 0.4) is 0 Å². The lowest BCUT2D eigenvalue weighted by atomic mass is 9.96. The van der Waals surface area contributed by atoms with Crippen molar-refractivity contribution >= 4 is 33.2 Å². The molecule has 11 heteroatoms. The van der Waals surface area contributed by atoms with Crippen LogP contribution in [-0.4, -0.2) is 89.2 Å². The number of anilines is 2. The molecule has 4 rings (SSSR count). The van der Waals surface area contributed by atoms with Gasteiger partial charge in [0.25, 0.3) is 0 Å². The SMILES string of the molecule is CCN(CC)S(=O)(=O)c1ccc2c(c1)N(CC(=O)NC[C@@H]1COCCO1)C(=O)[C@H]1CCCCN21. The molecule has 34 heavy (non-hydrogen) atoms. The first-order chi connectivity index (χ1) is 16.4. The van der Waals surface area contributed by atoms with Crippen LogP contribution in [0.1, 0.15) is 33.1 Å². The van der Waals surface area contributed by atoms with Crippen molar-refractivity contribution in [2.24, 2.45) is 0 Å². The van der Waals surface area contributed by atoms with E-state index >= 15 is 0 Å². The predicted octanol–water partition coefficient (Wildman–Crippen LogP) is 0.954. The zero-order valence-corrected chi connectivity index (χ0v) is 20.7. The quantitative estimate of drug-likeness (QED) is 0.573. The average molecular weight is 495 g/mol. The number of benzene rings is 1. The first-order valence-corrected chi connectivity index (χ1v) is 13.5. The molecular weight excluding hydrogens is 460 g/mol. The molecule has 0 aromatic heterocycles. The maximum absolute atomic E-state index is 13.5. The van der Waals surface area contributed by atoms with Gasteiger partial charge in [-0.05, 0) is 37.5 Å². The van der Waals surface area contributed by atoms with Crippen LogP contribution in [0.4, 0.5) is 11.4 Å². The molecule has 1 aromatic rings. The summed E-state index contributed by atoms with van der Waals surface area (Å²) in [5.74, 6) is -0.494. The molecule has 0 radical (unpaired) electrons. The van der Waals surface area contributed by atoms with Crippen molar-refractivity contribution in [3.8, 4) is 0 Å². The van der Waals surface area contributed by atoms with Crippen molar-refractivity contribution in [2.75, 3.05) is 62.3 Å². The molecule has 3 aliphatic heterocycles. The van der Waals surface area contributed by atoms with Crippen molar-refractivity contribution in [3.63, 3.8) is 0 Å². The van der Waals surface area contributed by atoms with E-state index in [2.05, 4.69) is 10.2 Å². The first-order valence-electron chi connectivity index (χ1n) is 12.0. The summed E-state index contributed by atoms with van der Waals surface area (Å²) in [5, 5.41) is 2.83. The summed E-state index contributed by atoms with van der Waals surface area (Å²) < 4.78 is 38.6. The van der Waals surface area contributed by atoms with Gasteiger partial charge in [0.1, 0.15) is 12.6 Å². The number of nitrogens with zero attached hydrogens (tertiary/aromatic N) is 3. The van der Waals surface area contributed by atoms with Crippen molar-refractivity contribution < 1.29 is 27.5 Å². The highest BCUT2D eigenvalue weighted by molar-refractivity contribution is 7.89. The zero-order chi connectivity index (χ0) is 24.3. The fourth-order valence-corrected chi connectivity index (χ4v) is 6.33. The van der Waals surface area contributed by atoms with E-state index in [-0.39, 0.29) is 35.4 Å².